The van der Waals surface area contributed by atoms with E-state index in [0.717, 1.165) is 0 Å². The molecule has 4 nitrogen and oxygen atoms in total. The van der Waals surface area contributed by atoms with Crippen molar-refractivity contribution in [2.24, 2.45) is 0 Å². The van der Waals surface area contributed by atoms with E-state index in [4.69, 9.17) is 4.74 Å². The highest BCUT2D eigenvalue weighted by atomic mass is 32.2. The molecule has 0 aromatic carbocycles. The minimum absolute atomic E-state index is 0.232. The molecule has 0 spiro atoms. The SMILES string of the molecule is C=CC(CNS(=O)[O-])OC. The molecule has 0 aliphatic carbocycles. The van der Waals surface area contributed by atoms with Gasteiger partial charge in [0.1, 0.15) is 0 Å². The monoisotopic (exact) mass is 164 g/mol. The molecule has 0 aromatic rings. The van der Waals surface area contributed by atoms with Crippen LogP contribution >= 0.6 is 0 Å². The Labute approximate surface area is 62.7 Å². The first-order valence-electron chi connectivity index (χ1n) is 2.68. The summed E-state index contributed by atoms with van der Waals surface area (Å²) in [6, 6.07) is 0. The van der Waals surface area contributed by atoms with Crippen LogP contribution in [0.5, 0.6) is 0 Å². The number of nitrogens with one attached hydrogen (secondary N) is 1. The van der Waals surface area contributed by atoms with E-state index in [1.54, 1.807) is 0 Å². The molecule has 0 radical (unpaired) electrons. The third-order valence-electron chi connectivity index (χ3n) is 0.968. The van der Waals surface area contributed by atoms with Crippen LogP contribution in [-0.2, 0) is 16.0 Å². The van der Waals surface area contributed by atoms with Gasteiger partial charge in [0.15, 0.2) is 0 Å². The van der Waals surface area contributed by atoms with Crippen LogP contribution in [-0.4, -0.2) is 28.5 Å². The van der Waals surface area contributed by atoms with Crippen molar-refractivity contribution < 1.29 is 13.5 Å². The molecule has 0 heterocycles. The quantitative estimate of drug-likeness (QED) is 0.443. The molecule has 0 saturated carbocycles. The zero-order valence-electron chi connectivity index (χ0n) is 5.70. The first kappa shape index (κ1) is 9.77. The van der Waals surface area contributed by atoms with Crippen LogP contribution in [0.1, 0.15) is 0 Å². The van der Waals surface area contributed by atoms with E-state index < -0.39 is 11.3 Å². The molecule has 2 unspecified atom stereocenters. The smallest absolute Gasteiger partial charge is 0.0883 e. The third kappa shape index (κ3) is 4.63. The molecular weight excluding hydrogens is 154 g/mol. The van der Waals surface area contributed by atoms with Gasteiger partial charge in [-0.1, -0.05) is 6.08 Å². The summed E-state index contributed by atoms with van der Waals surface area (Å²) < 4.78 is 26.8. The molecule has 0 bridgehead atoms. The molecule has 5 heteroatoms. The van der Waals surface area contributed by atoms with Gasteiger partial charge < -0.3 is 9.29 Å². The van der Waals surface area contributed by atoms with Gasteiger partial charge in [0.05, 0.1) is 6.10 Å². The van der Waals surface area contributed by atoms with E-state index in [2.05, 4.69) is 11.3 Å². The first-order chi connectivity index (χ1) is 4.70. The third-order valence-corrected chi connectivity index (χ3v) is 1.37. The van der Waals surface area contributed by atoms with E-state index in [-0.39, 0.29) is 12.6 Å². The molecule has 60 valence electrons. The average Bonchev–Trinajstić information content (AvgIpc) is 1.90. The average molecular weight is 164 g/mol. The highest BCUT2D eigenvalue weighted by molar-refractivity contribution is 7.77. The molecule has 0 fully saturated rings. The topological polar surface area (TPSA) is 61.4 Å². The Kier molecular flexibility index (Phi) is 5.42. The van der Waals surface area contributed by atoms with Crippen molar-refractivity contribution in [3.8, 4) is 0 Å². The van der Waals surface area contributed by atoms with Gasteiger partial charge in [0, 0.05) is 24.9 Å². The van der Waals surface area contributed by atoms with Crippen LogP contribution in [0.3, 0.4) is 0 Å². The van der Waals surface area contributed by atoms with E-state index in [1.165, 1.54) is 13.2 Å². The Morgan fingerprint density at radius 1 is 2.00 bits per heavy atom. The second-order valence-corrected chi connectivity index (χ2v) is 2.35. The summed E-state index contributed by atoms with van der Waals surface area (Å²) in [7, 11) is 1.49. The van der Waals surface area contributed by atoms with E-state index in [1.807, 2.05) is 0 Å². The number of ether oxygens (including phenoxy) is 1. The lowest BCUT2D eigenvalue weighted by atomic mass is 10.4. The molecule has 0 aromatic heterocycles. The molecular formula is C5H10NO3S-. The van der Waals surface area contributed by atoms with E-state index in [0.29, 0.717) is 0 Å². The summed E-state index contributed by atoms with van der Waals surface area (Å²) in [5, 5.41) is 0. The van der Waals surface area contributed by atoms with Gasteiger partial charge in [-0.05, 0) is 0 Å². The summed E-state index contributed by atoms with van der Waals surface area (Å²) in [5.41, 5.74) is 0. The second kappa shape index (κ2) is 5.55. The molecule has 0 saturated heterocycles. The van der Waals surface area contributed by atoms with Crippen molar-refractivity contribution in [3.05, 3.63) is 12.7 Å². The summed E-state index contributed by atoms with van der Waals surface area (Å²) in [6.45, 7) is 3.68. The van der Waals surface area contributed by atoms with E-state index >= 15 is 0 Å². The lowest BCUT2D eigenvalue weighted by molar-refractivity contribution is 0.144. The maximum absolute atomic E-state index is 9.93. The van der Waals surface area contributed by atoms with Crippen LogP contribution in [0, 0.1) is 0 Å². The zero-order chi connectivity index (χ0) is 7.98. The zero-order valence-corrected chi connectivity index (χ0v) is 6.52. The predicted molar refractivity (Wildman–Crippen MR) is 37.9 cm³/mol. The molecule has 0 aliphatic heterocycles. The number of hydrogen-bond donors (Lipinski definition) is 1. The maximum atomic E-state index is 9.93. The normalized spacial score (nSPS) is 16.2. The van der Waals surface area contributed by atoms with Gasteiger partial charge in [-0.15, -0.1) is 6.58 Å². The van der Waals surface area contributed by atoms with Gasteiger partial charge >= 0.3 is 0 Å². The Morgan fingerprint density at radius 3 is 2.90 bits per heavy atom. The van der Waals surface area contributed by atoms with Crippen molar-refractivity contribution in [1.29, 1.82) is 0 Å². The fourth-order valence-corrected chi connectivity index (χ4v) is 0.713. The number of hydrogen-bond acceptors (Lipinski definition) is 3. The van der Waals surface area contributed by atoms with Crippen molar-refractivity contribution in [2.45, 2.75) is 6.10 Å². The molecule has 2 atom stereocenters. The highest BCUT2D eigenvalue weighted by Gasteiger charge is 1.98. The van der Waals surface area contributed by atoms with Crippen LogP contribution in [0.25, 0.3) is 0 Å². The lowest BCUT2D eigenvalue weighted by Gasteiger charge is -2.12. The summed E-state index contributed by atoms with van der Waals surface area (Å²) in [5.74, 6) is 0. The highest BCUT2D eigenvalue weighted by Crippen LogP contribution is 1.87. The summed E-state index contributed by atoms with van der Waals surface area (Å²) in [4.78, 5) is 0. The first-order valence-corrected chi connectivity index (χ1v) is 3.76. The fourth-order valence-electron chi connectivity index (χ4n) is 0.413. The minimum Gasteiger partial charge on any atom is -0.760 e. The van der Waals surface area contributed by atoms with Crippen molar-refractivity contribution in [3.63, 3.8) is 0 Å². The number of rotatable bonds is 5. The Balaban J connectivity index is 3.44. The van der Waals surface area contributed by atoms with Crippen LogP contribution in [0.15, 0.2) is 12.7 Å². The van der Waals surface area contributed by atoms with Gasteiger partial charge in [-0.2, -0.15) is 0 Å². The van der Waals surface area contributed by atoms with Crippen LogP contribution in [0.4, 0.5) is 0 Å². The van der Waals surface area contributed by atoms with E-state index in [9.17, 15) is 8.76 Å². The molecule has 0 amide bonds. The summed E-state index contributed by atoms with van der Waals surface area (Å²) in [6.07, 6.45) is 1.28. The molecule has 1 N–H and O–H groups in total. The largest absolute Gasteiger partial charge is 0.760 e. The standard InChI is InChI=1S/C5H11NO3S/c1-3-5(9-2)4-6-10(7)8/h3,5-6H,1,4H2,2H3,(H,7,8)/p-1. The molecule has 0 rings (SSSR count). The number of methoxy groups -OCH3 is 1. The van der Waals surface area contributed by atoms with Crippen molar-refractivity contribution in [1.82, 2.24) is 4.72 Å². The van der Waals surface area contributed by atoms with Gasteiger partial charge in [0.25, 0.3) is 0 Å². The van der Waals surface area contributed by atoms with Gasteiger partial charge in [-0.3, -0.25) is 4.21 Å². The van der Waals surface area contributed by atoms with Crippen LogP contribution in [0.2, 0.25) is 0 Å². The Hall–Kier alpha value is -0.230. The lowest BCUT2D eigenvalue weighted by Crippen LogP contribution is -2.27. The van der Waals surface area contributed by atoms with Crippen LogP contribution < -0.4 is 4.72 Å². The summed E-state index contributed by atoms with van der Waals surface area (Å²) >= 11 is -2.22. The fraction of sp³-hybridized carbons (Fsp3) is 0.600. The minimum atomic E-state index is -2.22. The maximum Gasteiger partial charge on any atom is 0.0883 e. The van der Waals surface area contributed by atoms with Gasteiger partial charge in [-0.25, -0.2) is 4.72 Å². The second-order valence-electron chi connectivity index (χ2n) is 1.59. The molecule has 10 heavy (non-hydrogen) atoms. The Morgan fingerprint density at radius 2 is 2.60 bits per heavy atom. The van der Waals surface area contributed by atoms with Gasteiger partial charge in [0.2, 0.25) is 0 Å². The van der Waals surface area contributed by atoms with Crippen molar-refractivity contribution in [2.75, 3.05) is 13.7 Å². The Bertz CT molecular complexity index is 128. The molecule has 0 aliphatic rings. The predicted octanol–water partition coefficient (Wildman–Crippen LogP) is -0.429. The van der Waals surface area contributed by atoms with Crippen molar-refractivity contribution >= 4 is 11.3 Å².